The lowest BCUT2D eigenvalue weighted by Gasteiger charge is -2.03. The van der Waals surface area contributed by atoms with E-state index in [-0.39, 0.29) is 5.78 Å². The molecule has 2 nitrogen and oxygen atoms in total. The quantitative estimate of drug-likeness (QED) is 0.472. The molecule has 0 bridgehead atoms. The minimum atomic E-state index is 0.199. The number of pyridine rings is 1. The van der Waals surface area contributed by atoms with Gasteiger partial charge in [-0.1, -0.05) is 46.0 Å². The number of Topliss-reactive ketones (excluding diaryl/α,β-unsaturated/α-hetero) is 1. The second-order valence-corrected chi connectivity index (χ2v) is 4.89. The summed E-state index contributed by atoms with van der Waals surface area (Å²) in [6.45, 7) is 4.35. The first kappa shape index (κ1) is 14.9. The first-order chi connectivity index (χ1) is 8.77. The number of aryl methyl sites for hydroxylation is 1. The molecule has 0 fully saturated rings. The molecule has 0 spiro atoms. The molecule has 0 aliphatic carbocycles. The van der Waals surface area contributed by atoms with Gasteiger partial charge in [0.1, 0.15) is 5.69 Å². The molecule has 1 aromatic heterocycles. The summed E-state index contributed by atoms with van der Waals surface area (Å²) in [7, 11) is 0. The minimum absolute atomic E-state index is 0.199. The van der Waals surface area contributed by atoms with Gasteiger partial charge in [-0.05, 0) is 30.5 Å². The Hall–Kier alpha value is -1.18. The Kier molecular flexibility index (Phi) is 7.31. The molecule has 1 rings (SSSR count). The van der Waals surface area contributed by atoms with E-state index < -0.39 is 0 Å². The highest BCUT2D eigenvalue weighted by molar-refractivity contribution is 5.94. The van der Waals surface area contributed by atoms with Gasteiger partial charge in [-0.3, -0.25) is 9.78 Å². The highest BCUT2D eigenvalue weighted by Gasteiger charge is 2.07. The number of unbranched alkanes of at least 4 members (excludes halogenated alkanes) is 4. The second kappa shape index (κ2) is 8.84. The number of rotatable bonds is 9. The molecule has 0 aliphatic heterocycles. The van der Waals surface area contributed by atoms with E-state index in [0.29, 0.717) is 12.1 Å². The standard InChI is InChI=1S/C16H25NO/c1-3-5-6-7-8-10-16(18)15-13-14(9-4-2)11-12-17-15/h11-13H,3-10H2,1-2H3. The van der Waals surface area contributed by atoms with Crippen molar-refractivity contribution in [2.24, 2.45) is 0 Å². The zero-order valence-electron chi connectivity index (χ0n) is 11.7. The Morgan fingerprint density at radius 2 is 1.89 bits per heavy atom. The van der Waals surface area contributed by atoms with Crippen molar-refractivity contribution in [2.75, 3.05) is 0 Å². The zero-order valence-corrected chi connectivity index (χ0v) is 11.7. The molecule has 100 valence electrons. The maximum absolute atomic E-state index is 12.0. The largest absolute Gasteiger partial charge is 0.292 e. The Morgan fingerprint density at radius 1 is 1.11 bits per heavy atom. The van der Waals surface area contributed by atoms with Gasteiger partial charge in [-0.15, -0.1) is 0 Å². The Bertz CT molecular complexity index is 360. The number of carbonyl (C=O) groups excluding carboxylic acids is 1. The van der Waals surface area contributed by atoms with Crippen LogP contribution in [0, 0.1) is 0 Å². The van der Waals surface area contributed by atoms with Crippen molar-refractivity contribution in [1.29, 1.82) is 0 Å². The monoisotopic (exact) mass is 247 g/mol. The molecule has 0 radical (unpaired) electrons. The van der Waals surface area contributed by atoms with Gasteiger partial charge in [-0.2, -0.15) is 0 Å². The highest BCUT2D eigenvalue weighted by Crippen LogP contribution is 2.10. The summed E-state index contributed by atoms with van der Waals surface area (Å²) in [6.07, 6.45) is 10.5. The van der Waals surface area contributed by atoms with Crippen molar-refractivity contribution < 1.29 is 4.79 Å². The first-order valence-corrected chi connectivity index (χ1v) is 7.26. The molecule has 0 saturated carbocycles. The summed E-state index contributed by atoms with van der Waals surface area (Å²) < 4.78 is 0. The van der Waals surface area contributed by atoms with Gasteiger partial charge < -0.3 is 0 Å². The van der Waals surface area contributed by atoms with Gasteiger partial charge in [0.25, 0.3) is 0 Å². The van der Waals surface area contributed by atoms with Crippen molar-refractivity contribution in [1.82, 2.24) is 4.98 Å². The molecule has 1 aromatic rings. The van der Waals surface area contributed by atoms with Crippen LogP contribution in [0.4, 0.5) is 0 Å². The van der Waals surface area contributed by atoms with Crippen LogP contribution in [0.5, 0.6) is 0 Å². The SMILES string of the molecule is CCCCCCCC(=O)c1cc(CCC)ccn1. The fourth-order valence-electron chi connectivity index (χ4n) is 2.09. The molecule has 2 heteroatoms. The minimum Gasteiger partial charge on any atom is -0.292 e. The molecule has 0 aliphatic rings. The van der Waals surface area contributed by atoms with E-state index in [1.807, 2.05) is 12.1 Å². The summed E-state index contributed by atoms with van der Waals surface area (Å²) in [5, 5.41) is 0. The zero-order chi connectivity index (χ0) is 13.2. The van der Waals surface area contributed by atoms with Crippen molar-refractivity contribution in [2.45, 2.75) is 65.2 Å². The predicted molar refractivity (Wildman–Crippen MR) is 75.9 cm³/mol. The number of hydrogen-bond acceptors (Lipinski definition) is 2. The van der Waals surface area contributed by atoms with Crippen LogP contribution in [0.2, 0.25) is 0 Å². The number of aromatic nitrogens is 1. The Balaban J connectivity index is 2.38. The summed E-state index contributed by atoms with van der Waals surface area (Å²) in [5.41, 5.74) is 1.87. The average Bonchev–Trinajstić information content (AvgIpc) is 2.39. The van der Waals surface area contributed by atoms with E-state index in [1.54, 1.807) is 6.20 Å². The molecule has 18 heavy (non-hydrogen) atoms. The fourth-order valence-corrected chi connectivity index (χ4v) is 2.09. The third kappa shape index (κ3) is 5.44. The van der Waals surface area contributed by atoms with E-state index in [9.17, 15) is 4.79 Å². The van der Waals surface area contributed by atoms with E-state index >= 15 is 0 Å². The smallest absolute Gasteiger partial charge is 0.181 e. The van der Waals surface area contributed by atoms with Crippen molar-refractivity contribution in [3.63, 3.8) is 0 Å². The summed E-state index contributed by atoms with van der Waals surface area (Å²) in [5.74, 6) is 0.199. The van der Waals surface area contributed by atoms with Crippen LogP contribution in [0.25, 0.3) is 0 Å². The topological polar surface area (TPSA) is 30.0 Å². The lowest BCUT2D eigenvalue weighted by atomic mass is 10.0. The van der Waals surface area contributed by atoms with Gasteiger partial charge in [0.05, 0.1) is 0 Å². The lowest BCUT2D eigenvalue weighted by molar-refractivity contribution is 0.0974. The van der Waals surface area contributed by atoms with E-state index in [0.717, 1.165) is 25.7 Å². The van der Waals surface area contributed by atoms with Gasteiger partial charge in [-0.25, -0.2) is 0 Å². The van der Waals surface area contributed by atoms with Crippen molar-refractivity contribution in [3.8, 4) is 0 Å². The maximum atomic E-state index is 12.0. The molecular formula is C16H25NO. The molecule has 0 aromatic carbocycles. The number of nitrogens with zero attached hydrogens (tertiary/aromatic N) is 1. The van der Waals surface area contributed by atoms with Gasteiger partial charge >= 0.3 is 0 Å². The van der Waals surface area contributed by atoms with Crippen LogP contribution in [-0.4, -0.2) is 10.8 Å². The molecule has 1 heterocycles. The van der Waals surface area contributed by atoms with Crippen LogP contribution in [0.15, 0.2) is 18.3 Å². The molecule has 0 amide bonds. The lowest BCUT2D eigenvalue weighted by Crippen LogP contribution is -2.03. The van der Waals surface area contributed by atoms with Crippen LogP contribution < -0.4 is 0 Å². The summed E-state index contributed by atoms with van der Waals surface area (Å²) in [6, 6.07) is 3.96. The summed E-state index contributed by atoms with van der Waals surface area (Å²) >= 11 is 0. The molecule has 0 atom stereocenters. The van der Waals surface area contributed by atoms with Crippen molar-refractivity contribution >= 4 is 5.78 Å². The van der Waals surface area contributed by atoms with E-state index in [1.165, 1.54) is 24.8 Å². The predicted octanol–water partition coefficient (Wildman–Crippen LogP) is 4.58. The van der Waals surface area contributed by atoms with Crippen LogP contribution in [-0.2, 0) is 6.42 Å². The second-order valence-electron chi connectivity index (χ2n) is 4.89. The Labute approximate surface area is 111 Å². The average molecular weight is 247 g/mol. The summed E-state index contributed by atoms with van der Waals surface area (Å²) in [4.78, 5) is 16.2. The fraction of sp³-hybridized carbons (Fsp3) is 0.625. The Morgan fingerprint density at radius 3 is 2.61 bits per heavy atom. The third-order valence-electron chi connectivity index (χ3n) is 3.16. The van der Waals surface area contributed by atoms with Gasteiger partial charge in [0, 0.05) is 12.6 Å². The molecular weight excluding hydrogens is 222 g/mol. The first-order valence-electron chi connectivity index (χ1n) is 7.26. The molecule has 0 N–H and O–H groups in total. The van der Waals surface area contributed by atoms with Crippen LogP contribution >= 0.6 is 0 Å². The third-order valence-corrected chi connectivity index (χ3v) is 3.16. The maximum Gasteiger partial charge on any atom is 0.181 e. The van der Waals surface area contributed by atoms with Gasteiger partial charge in [0.15, 0.2) is 5.78 Å². The van der Waals surface area contributed by atoms with Crippen LogP contribution in [0.1, 0.15) is 74.8 Å². The number of carbonyl (C=O) groups is 1. The molecule has 0 saturated heterocycles. The van der Waals surface area contributed by atoms with Crippen molar-refractivity contribution in [3.05, 3.63) is 29.6 Å². The van der Waals surface area contributed by atoms with Crippen LogP contribution in [0.3, 0.4) is 0 Å². The number of hydrogen-bond donors (Lipinski definition) is 0. The van der Waals surface area contributed by atoms with E-state index in [4.69, 9.17) is 0 Å². The number of ketones is 1. The van der Waals surface area contributed by atoms with E-state index in [2.05, 4.69) is 18.8 Å². The molecule has 0 unspecified atom stereocenters. The highest BCUT2D eigenvalue weighted by atomic mass is 16.1. The van der Waals surface area contributed by atoms with Gasteiger partial charge in [0.2, 0.25) is 0 Å². The normalized spacial score (nSPS) is 10.6.